The number of carbonyl (C=O) groups is 1. The Balaban J connectivity index is 2.17. The fourth-order valence-electron chi connectivity index (χ4n) is 1.74. The summed E-state index contributed by atoms with van der Waals surface area (Å²) in [7, 11) is 0. The van der Waals surface area contributed by atoms with Gasteiger partial charge in [-0.25, -0.2) is 4.98 Å². The second-order valence-corrected chi connectivity index (χ2v) is 7.99. The molecule has 0 aliphatic heterocycles. The number of halogens is 3. The summed E-state index contributed by atoms with van der Waals surface area (Å²) in [6.07, 6.45) is 1.64. The van der Waals surface area contributed by atoms with Crippen LogP contribution < -0.4 is 5.32 Å². The van der Waals surface area contributed by atoms with Crippen molar-refractivity contribution in [3.05, 3.63) is 59.8 Å². The van der Waals surface area contributed by atoms with E-state index in [2.05, 4.69) is 10.3 Å². The Bertz CT molecular complexity index is 647. The van der Waals surface area contributed by atoms with Crippen molar-refractivity contribution in [3.63, 3.8) is 0 Å². The van der Waals surface area contributed by atoms with Crippen molar-refractivity contribution in [2.75, 3.05) is 0 Å². The maximum atomic E-state index is 12.4. The number of thioether (sulfide) groups is 1. The first-order valence-electron chi connectivity index (χ1n) is 6.39. The average Bonchev–Trinajstić information content (AvgIpc) is 2.47. The molecule has 0 aliphatic rings. The Morgan fingerprint density at radius 3 is 2.45 bits per heavy atom. The van der Waals surface area contributed by atoms with Crippen molar-refractivity contribution >= 4 is 52.5 Å². The number of benzene rings is 1. The van der Waals surface area contributed by atoms with Gasteiger partial charge in [-0.15, -0.1) is 0 Å². The molecular formula is C15H13Cl3N2OS. The third kappa shape index (κ3) is 4.78. The highest BCUT2D eigenvalue weighted by molar-refractivity contribution is 8.00. The fraction of sp³-hybridized carbons (Fsp3) is 0.200. The normalized spacial score (nSPS) is 12.7. The molecule has 2 aromatic rings. The molecule has 1 atom stereocenters. The summed E-state index contributed by atoms with van der Waals surface area (Å²) < 4.78 is -1.67. The molecule has 0 spiro atoms. The van der Waals surface area contributed by atoms with Gasteiger partial charge in [-0.2, -0.15) is 0 Å². The monoisotopic (exact) mass is 374 g/mol. The highest BCUT2D eigenvalue weighted by Crippen LogP contribution is 2.38. The number of nitrogens with one attached hydrogen (secondary N) is 1. The van der Waals surface area contributed by atoms with Crippen molar-refractivity contribution < 1.29 is 4.79 Å². The lowest BCUT2D eigenvalue weighted by Crippen LogP contribution is -2.41. The molecule has 0 saturated carbocycles. The number of carbonyl (C=O) groups excluding carboxylic acids is 1. The summed E-state index contributed by atoms with van der Waals surface area (Å²) in [6, 6.07) is 12.6. The molecule has 0 saturated heterocycles. The third-order valence-electron chi connectivity index (χ3n) is 2.83. The molecule has 1 unspecified atom stereocenters. The van der Waals surface area contributed by atoms with Gasteiger partial charge in [0.2, 0.25) is 3.79 Å². The van der Waals surface area contributed by atoms with Crippen molar-refractivity contribution in [2.45, 2.75) is 21.1 Å². The first-order chi connectivity index (χ1) is 10.4. The summed E-state index contributed by atoms with van der Waals surface area (Å²) in [5.74, 6) is -0.294. The second-order valence-electron chi connectivity index (χ2n) is 4.50. The van der Waals surface area contributed by atoms with Crippen LogP contribution in [0.25, 0.3) is 0 Å². The summed E-state index contributed by atoms with van der Waals surface area (Å²) >= 11 is 19.1. The molecule has 1 amide bonds. The van der Waals surface area contributed by atoms with Gasteiger partial charge in [0.05, 0.1) is 5.03 Å². The Hall–Kier alpha value is -0.940. The van der Waals surface area contributed by atoms with Crippen LogP contribution in [0.1, 0.15) is 15.9 Å². The van der Waals surface area contributed by atoms with Gasteiger partial charge in [0.15, 0.2) is 0 Å². The van der Waals surface area contributed by atoms with Crippen LogP contribution in [0.2, 0.25) is 0 Å². The molecule has 1 heterocycles. The smallest absolute Gasteiger partial charge is 0.252 e. The number of rotatable bonds is 4. The minimum atomic E-state index is -1.67. The minimum absolute atomic E-state index is 0.294. The molecule has 116 valence electrons. The molecule has 1 aromatic carbocycles. The first-order valence-corrected chi connectivity index (χ1v) is 8.40. The fourth-order valence-corrected chi connectivity index (χ4v) is 3.12. The molecular weight excluding hydrogens is 363 g/mol. The maximum absolute atomic E-state index is 12.4. The zero-order valence-electron chi connectivity index (χ0n) is 11.6. The van der Waals surface area contributed by atoms with E-state index in [0.717, 1.165) is 5.56 Å². The lowest BCUT2D eigenvalue weighted by Gasteiger charge is -2.24. The zero-order chi connectivity index (χ0) is 16.2. The molecule has 2 rings (SSSR count). The molecule has 0 bridgehead atoms. The van der Waals surface area contributed by atoms with E-state index in [1.165, 1.54) is 11.8 Å². The number of hydrogen-bond acceptors (Lipinski definition) is 3. The summed E-state index contributed by atoms with van der Waals surface area (Å²) in [5, 5.41) is 2.64. The van der Waals surface area contributed by atoms with E-state index in [1.54, 1.807) is 30.5 Å². The van der Waals surface area contributed by atoms with Crippen molar-refractivity contribution in [3.8, 4) is 0 Å². The largest absolute Gasteiger partial charge is 0.336 e. The van der Waals surface area contributed by atoms with Gasteiger partial charge in [0.25, 0.3) is 5.91 Å². The highest BCUT2D eigenvalue weighted by atomic mass is 35.6. The molecule has 0 radical (unpaired) electrons. The summed E-state index contributed by atoms with van der Waals surface area (Å²) in [5.41, 5.74) is 1.40. The maximum Gasteiger partial charge on any atom is 0.252 e. The Morgan fingerprint density at radius 1 is 1.18 bits per heavy atom. The molecule has 3 nitrogen and oxygen atoms in total. The van der Waals surface area contributed by atoms with E-state index in [9.17, 15) is 4.79 Å². The highest BCUT2D eigenvalue weighted by Gasteiger charge is 2.35. The minimum Gasteiger partial charge on any atom is -0.336 e. The SMILES string of the molecule is Cc1ccccc1C(=O)NC(Sc1ccccn1)C(Cl)(Cl)Cl. The number of alkyl halides is 3. The number of amides is 1. The summed E-state index contributed by atoms with van der Waals surface area (Å²) in [6.45, 7) is 1.85. The van der Waals surface area contributed by atoms with Crippen LogP contribution in [0.15, 0.2) is 53.7 Å². The summed E-state index contributed by atoms with van der Waals surface area (Å²) in [4.78, 5) is 16.6. The van der Waals surface area contributed by atoms with E-state index in [0.29, 0.717) is 10.6 Å². The van der Waals surface area contributed by atoms with Gasteiger partial charge < -0.3 is 5.32 Å². The van der Waals surface area contributed by atoms with E-state index in [-0.39, 0.29) is 5.91 Å². The predicted octanol–water partition coefficient (Wildman–Crippen LogP) is 4.61. The van der Waals surface area contributed by atoms with Crippen LogP contribution >= 0.6 is 46.6 Å². The average molecular weight is 376 g/mol. The number of aryl methyl sites for hydroxylation is 1. The van der Waals surface area contributed by atoms with Crippen molar-refractivity contribution in [1.29, 1.82) is 0 Å². The van der Waals surface area contributed by atoms with Gasteiger partial charge in [0.1, 0.15) is 5.37 Å². The Morgan fingerprint density at radius 2 is 1.86 bits per heavy atom. The van der Waals surface area contributed by atoms with Crippen LogP contribution in [0, 0.1) is 6.92 Å². The number of pyridine rings is 1. The lowest BCUT2D eigenvalue weighted by molar-refractivity contribution is 0.0949. The quantitative estimate of drug-likeness (QED) is 0.482. The van der Waals surface area contributed by atoms with E-state index < -0.39 is 9.17 Å². The standard InChI is InChI=1S/C15H13Cl3N2OS/c1-10-6-2-3-7-11(10)13(21)20-14(15(16,17)18)22-12-8-4-5-9-19-12/h2-9,14H,1H3,(H,20,21). The first kappa shape index (κ1) is 17.4. The number of nitrogens with zero attached hydrogens (tertiary/aromatic N) is 1. The zero-order valence-corrected chi connectivity index (χ0v) is 14.7. The lowest BCUT2D eigenvalue weighted by atomic mass is 10.1. The van der Waals surface area contributed by atoms with Gasteiger partial charge >= 0.3 is 0 Å². The van der Waals surface area contributed by atoms with Crippen molar-refractivity contribution in [2.24, 2.45) is 0 Å². The predicted molar refractivity (Wildman–Crippen MR) is 92.8 cm³/mol. The van der Waals surface area contributed by atoms with Gasteiger partial charge in [-0.05, 0) is 30.7 Å². The van der Waals surface area contributed by atoms with Gasteiger partial charge in [-0.3, -0.25) is 4.79 Å². The molecule has 22 heavy (non-hydrogen) atoms. The van der Waals surface area contributed by atoms with Crippen LogP contribution in [0.5, 0.6) is 0 Å². The van der Waals surface area contributed by atoms with E-state index >= 15 is 0 Å². The molecule has 1 N–H and O–H groups in total. The Kier molecular flexibility index (Phi) is 5.98. The van der Waals surface area contributed by atoms with Crippen LogP contribution in [0.4, 0.5) is 0 Å². The second kappa shape index (κ2) is 7.55. The van der Waals surface area contributed by atoms with Crippen LogP contribution in [-0.2, 0) is 0 Å². The van der Waals surface area contributed by atoms with Gasteiger partial charge in [-0.1, -0.05) is 70.8 Å². The van der Waals surface area contributed by atoms with Crippen LogP contribution in [-0.4, -0.2) is 20.1 Å². The topological polar surface area (TPSA) is 42.0 Å². The number of aromatic nitrogens is 1. The molecule has 0 fully saturated rings. The number of hydrogen-bond donors (Lipinski definition) is 1. The Labute approximate surface area is 148 Å². The molecule has 7 heteroatoms. The van der Waals surface area contributed by atoms with E-state index in [1.807, 2.05) is 25.1 Å². The van der Waals surface area contributed by atoms with Crippen LogP contribution in [0.3, 0.4) is 0 Å². The molecule has 1 aromatic heterocycles. The van der Waals surface area contributed by atoms with E-state index in [4.69, 9.17) is 34.8 Å². The third-order valence-corrected chi connectivity index (χ3v) is 5.06. The van der Waals surface area contributed by atoms with Gasteiger partial charge in [0, 0.05) is 11.8 Å². The van der Waals surface area contributed by atoms with Crippen molar-refractivity contribution in [1.82, 2.24) is 10.3 Å². The molecule has 0 aliphatic carbocycles.